The molecule has 3 rings (SSSR count). The van der Waals surface area contributed by atoms with Crippen LogP contribution in [0.1, 0.15) is 6.92 Å². The molecule has 0 saturated carbocycles. The van der Waals surface area contributed by atoms with Gasteiger partial charge in [-0.2, -0.15) is 8.78 Å². The average Bonchev–Trinajstić information content (AvgIpc) is 2.73. The molecule has 0 fully saturated rings. The van der Waals surface area contributed by atoms with Crippen molar-refractivity contribution in [2.45, 2.75) is 13.5 Å². The third-order valence-electron chi connectivity index (χ3n) is 4.32. The number of rotatable bonds is 9. The first-order valence-electron chi connectivity index (χ1n) is 9.32. The number of benzene rings is 3. The fraction of sp³-hybridized carbons (Fsp3) is 0.167. The number of allylic oxidation sites excluding steroid dienone is 1. The lowest BCUT2D eigenvalue weighted by Gasteiger charge is -2.15. The quantitative estimate of drug-likeness (QED) is 0.362. The molecule has 0 aromatic heterocycles. The van der Waals surface area contributed by atoms with Crippen molar-refractivity contribution in [3.8, 4) is 28.4 Å². The van der Waals surface area contributed by atoms with E-state index in [1.807, 2.05) is 19.1 Å². The van der Waals surface area contributed by atoms with Gasteiger partial charge in [0.25, 0.3) is 0 Å². The third kappa shape index (κ3) is 4.95. The molecule has 0 heterocycles. The first-order chi connectivity index (χ1) is 14.5. The topological polar surface area (TPSA) is 27.7 Å². The summed E-state index contributed by atoms with van der Waals surface area (Å²) in [5, 5.41) is 0.674. The van der Waals surface area contributed by atoms with E-state index in [0.717, 1.165) is 0 Å². The normalized spacial score (nSPS) is 11.2. The molecule has 0 amide bonds. The highest BCUT2D eigenvalue weighted by Crippen LogP contribution is 2.40. The van der Waals surface area contributed by atoms with Gasteiger partial charge in [0.1, 0.15) is 36.3 Å². The monoisotopic (exact) mass is 414 g/mol. The van der Waals surface area contributed by atoms with Crippen LogP contribution in [0.15, 0.2) is 73.3 Å². The SMILES string of the molecule is C=CCOc1ccc(-c2c(OC(F)F)cc3cc(OCC=CC)ccc3c2F)cc1. The summed E-state index contributed by atoms with van der Waals surface area (Å²) < 4.78 is 57.1. The Kier molecular flexibility index (Phi) is 7.01. The van der Waals surface area contributed by atoms with E-state index in [-0.39, 0.29) is 16.7 Å². The van der Waals surface area contributed by atoms with E-state index in [2.05, 4.69) is 11.3 Å². The van der Waals surface area contributed by atoms with E-state index in [1.165, 1.54) is 6.07 Å². The van der Waals surface area contributed by atoms with E-state index < -0.39 is 12.4 Å². The molecule has 0 unspecified atom stereocenters. The van der Waals surface area contributed by atoms with Crippen molar-refractivity contribution in [2.75, 3.05) is 13.2 Å². The van der Waals surface area contributed by atoms with Gasteiger partial charge < -0.3 is 14.2 Å². The van der Waals surface area contributed by atoms with Gasteiger partial charge in [0.15, 0.2) is 0 Å². The molecule has 0 atom stereocenters. The van der Waals surface area contributed by atoms with Crippen molar-refractivity contribution in [3.63, 3.8) is 0 Å². The molecular weight excluding hydrogens is 393 g/mol. The molecule has 0 saturated heterocycles. The van der Waals surface area contributed by atoms with Crippen LogP contribution in [0.4, 0.5) is 13.2 Å². The zero-order valence-electron chi connectivity index (χ0n) is 16.4. The maximum Gasteiger partial charge on any atom is 0.387 e. The van der Waals surface area contributed by atoms with E-state index in [9.17, 15) is 8.78 Å². The second-order valence-electron chi connectivity index (χ2n) is 6.33. The zero-order valence-corrected chi connectivity index (χ0v) is 16.4. The zero-order chi connectivity index (χ0) is 21.5. The van der Waals surface area contributed by atoms with Gasteiger partial charge in [-0.1, -0.05) is 36.9 Å². The van der Waals surface area contributed by atoms with Gasteiger partial charge in [0.05, 0.1) is 5.56 Å². The smallest absolute Gasteiger partial charge is 0.387 e. The average molecular weight is 414 g/mol. The van der Waals surface area contributed by atoms with Gasteiger partial charge in [0, 0.05) is 5.39 Å². The molecule has 0 radical (unpaired) electrons. The summed E-state index contributed by atoms with van der Waals surface area (Å²) in [5.74, 6) is 0.154. The van der Waals surface area contributed by atoms with Gasteiger partial charge in [-0.3, -0.25) is 0 Å². The maximum absolute atomic E-state index is 15.4. The van der Waals surface area contributed by atoms with Crippen LogP contribution in [0.3, 0.4) is 0 Å². The van der Waals surface area contributed by atoms with Crippen molar-refractivity contribution < 1.29 is 27.4 Å². The summed E-state index contributed by atoms with van der Waals surface area (Å²) in [5.41, 5.74) is 0.352. The molecule has 0 aliphatic rings. The molecule has 0 aliphatic carbocycles. The predicted molar refractivity (Wildman–Crippen MR) is 112 cm³/mol. The lowest BCUT2D eigenvalue weighted by molar-refractivity contribution is -0.0494. The molecule has 3 nitrogen and oxygen atoms in total. The van der Waals surface area contributed by atoms with Crippen LogP contribution in [0.5, 0.6) is 17.2 Å². The standard InChI is InChI=1S/C24H21F3O3/c1-3-5-13-29-19-10-11-20-17(14-19)15-21(30-24(26)27)22(23(20)25)16-6-8-18(9-7-16)28-12-4-2/h3-11,14-15,24H,2,12-13H2,1H3. The first-order valence-corrected chi connectivity index (χ1v) is 9.32. The third-order valence-corrected chi connectivity index (χ3v) is 4.32. The number of ether oxygens (including phenoxy) is 3. The highest BCUT2D eigenvalue weighted by Gasteiger charge is 2.19. The summed E-state index contributed by atoms with van der Waals surface area (Å²) >= 11 is 0. The van der Waals surface area contributed by atoms with Crippen LogP contribution in [0.25, 0.3) is 21.9 Å². The van der Waals surface area contributed by atoms with Crippen LogP contribution in [0.2, 0.25) is 0 Å². The Morgan fingerprint density at radius 2 is 1.67 bits per heavy atom. The first kappa shape index (κ1) is 21.3. The van der Waals surface area contributed by atoms with Crippen LogP contribution < -0.4 is 14.2 Å². The molecule has 156 valence electrons. The van der Waals surface area contributed by atoms with Gasteiger partial charge in [-0.15, -0.1) is 0 Å². The Balaban J connectivity index is 2.06. The molecular formula is C24H21F3O3. The Bertz CT molecular complexity index is 1040. The highest BCUT2D eigenvalue weighted by molar-refractivity contribution is 5.92. The van der Waals surface area contributed by atoms with Crippen LogP contribution in [0, 0.1) is 5.82 Å². The molecule has 0 aliphatic heterocycles. The predicted octanol–water partition coefficient (Wildman–Crippen LogP) is 6.77. The Hall–Kier alpha value is -3.41. The van der Waals surface area contributed by atoms with Crippen molar-refractivity contribution in [1.82, 2.24) is 0 Å². The second-order valence-corrected chi connectivity index (χ2v) is 6.33. The molecule has 3 aromatic rings. The maximum atomic E-state index is 15.4. The summed E-state index contributed by atoms with van der Waals surface area (Å²) in [6, 6.07) is 12.6. The molecule has 0 bridgehead atoms. The summed E-state index contributed by atoms with van der Waals surface area (Å²) in [6.07, 6.45) is 5.26. The second kappa shape index (κ2) is 9.87. The van der Waals surface area contributed by atoms with E-state index in [0.29, 0.717) is 35.7 Å². The molecule has 3 aromatic carbocycles. The highest BCUT2D eigenvalue weighted by atomic mass is 19.3. The van der Waals surface area contributed by atoms with E-state index >= 15 is 4.39 Å². The number of hydrogen-bond donors (Lipinski definition) is 0. The number of fused-ring (bicyclic) bond motifs is 1. The van der Waals surface area contributed by atoms with Gasteiger partial charge in [0.2, 0.25) is 0 Å². The van der Waals surface area contributed by atoms with Crippen LogP contribution >= 0.6 is 0 Å². The fourth-order valence-electron chi connectivity index (χ4n) is 2.98. The summed E-state index contributed by atoms with van der Waals surface area (Å²) in [4.78, 5) is 0. The van der Waals surface area contributed by atoms with Gasteiger partial charge >= 0.3 is 6.61 Å². The van der Waals surface area contributed by atoms with Gasteiger partial charge in [-0.05, 0) is 54.3 Å². The number of hydrogen-bond acceptors (Lipinski definition) is 3. The van der Waals surface area contributed by atoms with E-state index in [1.54, 1.807) is 48.5 Å². The molecule has 0 N–H and O–H groups in total. The van der Waals surface area contributed by atoms with Crippen molar-refractivity contribution >= 4 is 10.8 Å². The van der Waals surface area contributed by atoms with Crippen LogP contribution in [-0.2, 0) is 0 Å². The minimum absolute atomic E-state index is 0.0411. The number of alkyl halides is 2. The molecule has 0 spiro atoms. The fourth-order valence-corrected chi connectivity index (χ4v) is 2.98. The summed E-state index contributed by atoms with van der Waals surface area (Å²) in [7, 11) is 0. The number of halogens is 3. The lowest BCUT2D eigenvalue weighted by atomic mass is 9.98. The van der Waals surface area contributed by atoms with Crippen molar-refractivity contribution in [1.29, 1.82) is 0 Å². The van der Waals surface area contributed by atoms with E-state index in [4.69, 9.17) is 9.47 Å². The Morgan fingerprint density at radius 3 is 2.33 bits per heavy atom. The summed E-state index contributed by atoms with van der Waals surface area (Å²) in [6.45, 7) is 3.02. The Morgan fingerprint density at radius 1 is 0.967 bits per heavy atom. The minimum atomic E-state index is -3.09. The Labute approximate surface area is 173 Å². The van der Waals surface area contributed by atoms with Crippen LogP contribution in [-0.4, -0.2) is 19.8 Å². The van der Waals surface area contributed by atoms with Gasteiger partial charge in [-0.25, -0.2) is 4.39 Å². The molecule has 30 heavy (non-hydrogen) atoms. The van der Waals surface area contributed by atoms with Crippen molar-refractivity contribution in [3.05, 3.63) is 79.2 Å². The molecule has 6 heteroatoms. The largest absolute Gasteiger partial charge is 0.490 e. The lowest BCUT2D eigenvalue weighted by Crippen LogP contribution is -2.05. The minimum Gasteiger partial charge on any atom is -0.490 e. The van der Waals surface area contributed by atoms with Crippen molar-refractivity contribution in [2.24, 2.45) is 0 Å².